The Morgan fingerprint density at radius 2 is 1.93 bits per heavy atom. The van der Waals surface area contributed by atoms with Crippen LogP contribution >= 0.6 is 11.6 Å². The molecule has 1 heterocycles. The summed E-state index contributed by atoms with van der Waals surface area (Å²) in [5.41, 5.74) is 12.3. The molecule has 29 heavy (non-hydrogen) atoms. The van der Waals surface area contributed by atoms with Crippen LogP contribution in [0.3, 0.4) is 0 Å². The van der Waals surface area contributed by atoms with Gasteiger partial charge in [0.2, 0.25) is 0 Å². The fourth-order valence-electron chi connectivity index (χ4n) is 3.52. The fraction of sp³-hybridized carbons (Fsp3) is 0.304. The largest absolute Gasteiger partial charge is 0.361 e. The fourth-order valence-corrected chi connectivity index (χ4v) is 3.73. The molecule has 0 fully saturated rings. The Morgan fingerprint density at radius 1 is 1.14 bits per heavy atom. The monoisotopic (exact) mass is 408 g/mol. The molecule has 6 heteroatoms. The topological polar surface area (TPSA) is 79.1 Å². The lowest BCUT2D eigenvalue weighted by atomic mass is 10.0. The predicted molar refractivity (Wildman–Crippen MR) is 118 cm³/mol. The van der Waals surface area contributed by atoms with Gasteiger partial charge in [0.05, 0.1) is 16.3 Å². The summed E-state index contributed by atoms with van der Waals surface area (Å²) < 4.78 is 5.36. The molecule has 0 atom stereocenters. The van der Waals surface area contributed by atoms with Crippen LogP contribution in [0.5, 0.6) is 0 Å². The Hall–Kier alpha value is -2.81. The van der Waals surface area contributed by atoms with Crippen molar-refractivity contribution in [2.75, 3.05) is 18.0 Å². The van der Waals surface area contributed by atoms with Gasteiger partial charge in [-0.2, -0.15) is 5.26 Å². The average molecular weight is 409 g/mol. The number of hydrogen-bond acceptors (Lipinski definition) is 5. The lowest BCUT2D eigenvalue weighted by Gasteiger charge is -2.28. The summed E-state index contributed by atoms with van der Waals surface area (Å²) in [6.45, 7) is 7.41. The number of nitrogens with two attached hydrogens (primary N) is 1. The molecule has 1 aromatic heterocycles. The third-order valence-electron chi connectivity index (χ3n) is 5.04. The first-order chi connectivity index (χ1) is 14.0. The second-order valence-electron chi connectivity index (χ2n) is 7.12. The van der Waals surface area contributed by atoms with Crippen molar-refractivity contribution in [3.63, 3.8) is 0 Å². The number of anilines is 2. The summed E-state index contributed by atoms with van der Waals surface area (Å²) in [4.78, 5) is 2.24. The second-order valence-corrected chi connectivity index (χ2v) is 7.53. The van der Waals surface area contributed by atoms with E-state index in [1.807, 2.05) is 26.0 Å². The first-order valence-electron chi connectivity index (χ1n) is 9.67. The van der Waals surface area contributed by atoms with E-state index >= 15 is 0 Å². The summed E-state index contributed by atoms with van der Waals surface area (Å²) >= 11 is 6.33. The quantitative estimate of drug-likeness (QED) is 0.509. The summed E-state index contributed by atoms with van der Waals surface area (Å²) in [6.07, 6.45) is 1.88. The number of unbranched alkanes of at least 4 members (excludes halogenated alkanes) is 1. The van der Waals surface area contributed by atoms with Crippen LogP contribution in [0, 0.1) is 32.1 Å². The molecule has 3 aromatic rings. The van der Waals surface area contributed by atoms with E-state index < -0.39 is 0 Å². The van der Waals surface area contributed by atoms with Crippen molar-refractivity contribution in [1.29, 1.82) is 5.26 Å². The van der Waals surface area contributed by atoms with E-state index in [0.29, 0.717) is 17.1 Å². The van der Waals surface area contributed by atoms with Crippen LogP contribution in [0.25, 0.3) is 11.1 Å². The molecule has 0 aliphatic carbocycles. The number of hydrogen-bond donors (Lipinski definition) is 1. The van der Waals surface area contributed by atoms with Crippen LogP contribution in [0.4, 0.5) is 11.4 Å². The van der Waals surface area contributed by atoms with Gasteiger partial charge in [-0.25, -0.2) is 0 Å². The maximum absolute atomic E-state index is 9.20. The maximum atomic E-state index is 9.20. The maximum Gasteiger partial charge on any atom is 0.141 e. The normalized spacial score (nSPS) is 10.8. The van der Waals surface area contributed by atoms with Crippen molar-refractivity contribution in [2.45, 2.75) is 33.6 Å². The van der Waals surface area contributed by atoms with Crippen LogP contribution in [-0.4, -0.2) is 18.2 Å². The molecule has 0 aliphatic rings. The van der Waals surface area contributed by atoms with E-state index in [4.69, 9.17) is 21.9 Å². The summed E-state index contributed by atoms with van der Waals surface area (Å²) in [6, 6.07) is 14.0. The van der Waals surface area contributed by atoms with Gasteiger partial charge >= 0.3 is 0 Å². The van der Waals surface area contributed by atoms with E-state index in [0.717, 1.165) is 58.9 Å². The lowest BCUT2D eigenvalue weighted by molar-refractivity contribution is 0.393. The summed E-state index contributed by atoms with van der Waals surface area (Å²) in [5.74, 6) is 0.799. The highest BCUT2D eigenvalue weighted by atomic mass is 35.5. The van der Waals surface area contributed by atoms with Crippen LogP contribution in [0.1, 0.15) is 35.4 Å². The Bertz CT molecular complexity index is 1030. The molecular weight excluding hydrogens is 384 g/mol. The number of halogens is 1. The van der Waals surface area contributed by atoms with Crippen LogP contribution in [0.15, 0.2) is 40.9 Å². The number of aryl methyl sites for hydroxylation is 3. The standard InChI is InChI=1S/C23H25ClN4O/c1-15-6-7-18(23-16(2)27-29-17(23)3)12-22(15)28(11-5-4-10-25)20-9-8-19(14-26)21(24)13-20/h6-9,12-13H,4-5,10-11,25H2,1-3H3. The first kappa shape index (κ1) is 20.9. The zero-order chi connectivity index (χ0) is 21.0. The Balaban J connectivity index is 2.09. The van der Waals surface area contributed by atoms with Gasteiger partial charge in [0.15, 0.2) is 0 Å². The summed E-state index contributed by atoms with van der Waals surface area (Å²) in [7, 11) is 0. The van der Waals surface area contributed by atoms with Crippen molar-refractivity contribution in [3.05, 3.63) is 64.0 Å². The van der Waals surface area contributed by atoms with E-state index in [1.165, 1.54) is 0 Å². The van der Waals surface area contributed by atoms with Gasteiger partial charge in [-0.15, -0.1) is 0 Å². The van der Waals surface area contributed by atoms with Crippen molar-refractivity contribution in [3.8, 4) is 17.2 Å². The smallest absolute Gasteiger partial charge is 0.141 e. The number of aromatic nitrogens is 1. The molecule has 0 aliphatic heterocycles. The van der Waals surface area contributed by atoms with Crippen molar-refractivity contribution < 1.29 is 4.52 Å². The Labute approximate surface area is 176 Å². The zero-order valence-corrected chi connectivity index (χ0v) is 17.8. The molecule has 2 N–H and O–H groups in total. The molecule has 0 spiro atoms. The first-order valence-corrected chi connectivity index (χ1v) is 10.0. The van der Waals surface area contributed by atoms with Gasteiger partial charge in [-0.1, -0.05) is 28.9 Å². The highest BCUT2D eigenvalue weighted by molar-refractivity contribution is 6.32. The predicted octanol–water partition coefficient (Wildman–Crippen LogP) is 5.67. The molecular formula is C23H25ClN4O. The average Bonchev–Trinajstić information content (AvgIpc) is 3.04. The second kappa shape index (κ2) is 9.13. The molecule has 0 amide bonds. The molecule has 5 nitrogen and oxygen atoms in total. The molecule has 0 saturated heterocycles. The number of rotatable bonds is 7. The van der Waals surface area contributed by atoms with Gasteiger partial charge in [0.25, 0.3) is 0 Å². The SMILES string of the molecule is Cc1ccc(-c2c(C)noc2C)cc1N(CCCCN)c1ccc(C#N)c(Cl)c1. The number of nitrogens with zero attached hydrogens (tertiary/aromatic N) is 3. The minimum Gasteiger partial charge on any atom is -0.361 e. The van der Waals surface area contributed by atoms with Crippen molar-refractivity contribution in [1.82, 2.24) is 5.16 Å². The molecule has 2 aromatic carbocycles. The van der Waals surface area contributed by atoms with E-state index in [-0.39, 0.29) is 0 Å². The molecule has 0 unspecified atom stereocenters. The van der Waals surface area contributed by atoms with Gasteiger partial charge in [-0.3, -0.25) is 0 Å². The van der Waals surface area contributed by atoms with Gasteiger partial charge in [0.1, 0.15) is 11.8 Å². The lowest BCUT2D eigenvalue weighted by Crippen LogP contribution is -2.20. The van der Waals surface area contributed by atoms with Gasteiger partial charge in [-0.05, 0) is 75.5 Å². The molecule has 0 bridgehead atoms. The van der Waals surface area contributed by atoms with Crippen LogP contribution in [0.2, 0.25) is 5.02 Å². The van der Waals surface area contributed by atoms with Gasteiger partial charge < -0.3 is 15.2 Å². The van der Waals surface area contributed by atoms with E-state index in [2.05, 4.69) is 41.2 Å². The highest BCUT2D eigenvalue weighted by Gasteiger charge is 2.17. The van der Waals surface area contributed by atoms with Crippen molar-refractivity contribution >= 4 is 23.0 Å². The van der Waals surface area contributed by atoms with Crippen LogP contribution in [-0.2, 0) is 0 Å². The third-order valence-corrected chi connectivity index (χ3v) is 5.36. The number of benzene rings is 2. The molecule has 0 saturated carbocycles. The van der Waals surface area contributed by atoms with Crippen molar-refractivity contribution in [2.24, 2.45) is 5.73 Å². The van der Waals surface area contributed by atoms with E-state index in [9.17, 15) is 5.26 Å². The minimum atomic E-state index is 0.452. The summed E-state index contributed by atoms with van der Waals surface area (Å²) in [5, 5.41) is 13.7. The third kappa shape index (κ3) is 4.45. The minimum absolute atomic E-state index is 0.452. The molecule has 3 rings (SSSR count). The van der Waals surface area contributed by atoms with Crippen LogP contribution < -0.4 is 10.6 Å². The molecule has 150 valence electrons. The highest BCUT2D eigenvalue weighted by Crippen LogP contribution is 2.36. The Kier molecular flexibility index (Phi) is 6.58. The van der Waals surface area contributed by atoms with E-state index in [1.54, 1.807) is 6.07 Å². The van der Waals surface area contributed by atoms with Gasteiger partial charge in [0, 0.05) is 23.5 Å². The zero-order valence-electron chi connectivity index (χ0n) is 17.0. The molecule has 0 radical (unpaired) electrons. The number of nitriles is 1. The Morgan fingerprint density at radius 3 is 2.55 bits per heavy atom.